The number of benzene rings is 2. The van der Waals surface area contributed by atoms with Gasteiger partial charge in [0.2, 0.25) is 5.78 Å². The maximum atomic E-state index is 12.0. The van der Waals surface area contributed by atoms with Crippen LogP contribution in [0.15, 0.2) is 53.5 Å². The summed E-state index contributed by atoms with van der Waals surface area (Å²) in [5.41, 5.74) is 0.759. The van der Waals surface area contributed by atoms with E-state index in [1.54, 1.807) is 30.3 Å². The Labute approximate surface area is 127 Å². The molecule has 0 amide bonds. The number of ketones is 1. The van der Waals surface area contributed by atoms with Crippen molar-refractivity contribution in [3.63, 3.8) is 0 Å². The molecule has 112 valence electrons. The smallest absolute Gasteiger partial charge is 0.271 e. The van der Waals surface area contributed by atoms with Crippen LogP contribution in [0.25, 0.3) is 0 Å². The summed E-state index contributed by atoms with van der Waals surface area (Å²) in [6.45, 7) is 2.44. The van der Waals surface area contributed by atoms with Crippen molar-refractivity contribution in [1.82, 2.24) is 0 Å². The number of carbonyl (C=O) groups excluding carboxylic acids is 1. The highest BCUT2D eigenvalue weighted by Crippen LogP contribution is 2.19. The van der Waals surface area contributed by atoms with Crippen LogP contribution in [0.1, 0.15) is 17.3 Å². The van der Waals surface area contributed by atoms with E-state index in [4.69, 9.17) is 4.74 Å². The number of hydrogen-bond donors (Lipinski definition) is 0. The minimum absolute atomic E-state index is 0.0665. The number of Topliss-reactive ketones (excluding diaryl/α,β-unsaturated/α-hetero) is 1. The number of ether oxygens (including phenoxy) is 1. The van der Waals surface area contributed by atoms with E-state index in [0.717, 1.165) is 6.21 Å². The molecule has 0 atom stereocenters. The van der Waals surface area contributed by atoms with Gasteiger partial charge in [-0.25, -0.2) is 0 Å². The molecule has 0 saturated carbocycles. The van der Waals surface area contributed by atoms with Gasteiger partial charge in [-0.15, -0.1) is 0 Å². The van der Waals surface area contributed by atoms with Gasteiger partial charge in [0.05, 0.1) is 23.4 Å². The third-order valence-electron chi connectivity index (χ3n) is 2.82. The molecule has 0 spiro atoms. The molecule has 2 rings (SSSR count). The molecule has 6 heteroatoms. The zero-order valence-electron chi connectivity index (χ0n) is 11.9. The van der Waals surface area contributed by atoms with Gasteiger partial charge in [0.1, 0.15) is 5.75 Å². The van der Waals surface area contributed by atoms with Crippen molar-refractivity contribution in [2.75, 3.05) is 6.61 Å². The van der Waals surface area contributed by atoms with Gasteiger partial charge in [-0.1, -0.05) is 6.07 Å². The second kappa shape index (κ2) is 7.12. The predicted molar refractivity (Wildman–Crippen MR) is 83.2 cm³/mol. The highest BCUT2D eigenvalue weighted by atomic mass is 16.6. The first-order valence-corrected chi connectivity index (χ1v) is 6.66. The van der Waals surface area contributed by atoms with Crippen LogP contribution in [-0.2, 0) is 0 Å². The molecule has 22 heavy (non-hydrogen) atoms. The zero-order valence-corrected chi connectivity index (χ0v) is 11.9. The molecule has 2 aromatic carbocycles. The van der Waals surface area contributed by atoms with Crippen molar-refractivity contribution in [2.45, 2.75) is 6.92 Å². The largest absolute Gasteiger partial charge is 0.494 e. The Hall–Kier alpha value is -3.02. The van der Waals surface area contributed by atoms with Crippen LogP contribution in [0.4, 0.5) is 11.4 Å². The van der Waals surface area contributed by atoms with E-state index in [9.17, 15) is 14.9 Å². The predicted octanol–water partition coefficient (Wildman–Crippen LogP) is 3.58. The number of hydrogen-bond acceptors (Lipinski definition) is 5. The molecule has 0 fully saturated rings. The van der Waals surface area contributed by atoms with Crippen LogP contribution >= 0.6 is 0 Å². The van der Waals surface area contributed by atoms with Crippen molar-refractivity contribution in [3.8, 4) is 5.75 Å². The molecule has 0 radical (unpaired) electrons. The van der Waals surface area contributed by atoms with Gasteiger partial charge in [0.25, 0.3) is 5.69 Å². The van der Waals surface area contributed by atoms with Crippen LogP contribution in [-0.4, -0.2) is 23.5 Å². The minimum Gasteiger partial charge on any atom is -0.494 e. The Morgan fingerprint density at radius 1 is 1.27 bits per heavy atom. The SMILES string of the molecule is CCOc1ccc(C(=O)C=Nc2cccc([N+](=O)[O-])c2)cc1. The number of nitro benzene ring substituents is 1. The summed E-state index contributed by atoms with van der Waals surface area (Å²) in [4.78, 5) is 26.1. The van der Waals surface area contributed by atoms with E-state index in [1.165, 1.54) is 18.2 Å². The number of rotatable bonds is 6. The second-order valence-corrected chi connectivity index (χ2v) is 4.36. The lowest BCUT2D eigenvalue weighted by atomic mass is 10.1. The van der Waals surface area contributed by atoms with Gasteiger partial charge in [-0.05, 0) is 37.3 Å². The Bertz CT molecular complexity index is 708. The van der Waals surface area contributed by atoms with Crippen molar-refractivity contribution in [1.29, 1.82) is 0 Å². The summed E-state index contributed by atoms with van der Waals surface area (Å²) in [6, 6.07) is 12.5. The van der Waals surface area contributed by atoms with Gasteiger partial charge >= 0.3 is 0 Å². The summed E-state index contributed by atoms with van der Waals surface area (Å²) >= 11 is 0. The summed E-state index contributed by atoms with van der Waals surface area (Å²) in [7, 11) is 0. The van der Waals surface area contributed by atoms with Gasteiger partial charge in [0.15, 0.2) is 0 Å². The normalized spacial score (nSPS) is 10.6. The molecule has 0 unspecified atom stereocenters. The molecule has 6 nitrogen and oxygen atoms in total. The zero-order chi connectivity index (χ0) is 15.9. The topological polar surface area (TPSA) is 81.8 Å². The monoisotopic (exact) mass is 298 g/mol. The van der Waals surface area contributed by atoms with Crippen LogP contribution in [0.5, 0.6) is 5.75 Å². The third kappa shape index (κ3) is 3.99. The maximum absolute atomic E-state index is 12.0. The molecule has 0 aromatic heterocycles. The lowest BCUT2D eigenvalue weighted by Gasteiger charge is -2.02. The standard InChI is InChI=1S/C16H14N2O4/c1-2-22-15-8-6-12(7-9-15)16(19)11-17-13-4-3-5-14(10-13)18(20)21/h3-11H,2H2,1H3. The second-order valence-electron chi connectivity index (χ2n) is 4.36. The number of aliphatic imine (C=N–C) groups is 1. The van der Waals surface area contributed by atoms with Gasteiger partial charge in [0, 0.05) is 17.7 Å². The van der Waals surface area contributed by atoms with Crippen LogP contribution in [0.3, 0.4) is 0 Å². The fourth-order valence-corrected chi connectivity index (χ4v) is 1.78. The molecule has 0 heterocycles. The number of non-ortho nitro benzene ring substituents is 1. The average molecular weight is 298 g/mol. The highest BCUT2D eigenvalue weighted by molar-refractivity contribution is 6.35. The van der Waals surface area contributed by atoms with Crippen molar-refractivity contribution in [3.05, 3.63) is 64.2 Å². The Kier molecular flexibility index (Phi) is 4.98. The van der Waals surface area contributed by atoms with E-state index in [2.05, 4.69) is 4.99 Å². The fraction of sp³-hybridized carbons (Fsp3) is 0.125. The quantitative estimate of drug-likeness (QED) is 0.353. The lowest BCUT2D eigenvalue weighted by molar-refractivity contribution is -0.384. The van der Waals surface area contributed by atoms with Crippen molar-refractivity contribution in [2.24, 2.45) is 4.99 Å². The maximum Gasteiger partial charge on any atom is 0.271 e. The molecule has 2 aromatic rings. The summed E-state index contributed by atoms with van der Waals surface area (Å²) in [5, 5.41) is 10.7. The Morgan fingerprint density at radius 3 is 2.64 bits per heavy atom. The molecular formula is C16H14N2O4. The molecule has 0 N–H and O–H groups in total. The molecule has 0 bridgehead atoms. The molecule has 0 aliphatic carbocycles. The van der Waals surface area contributed by atoms with Crippen molar-refractivity contribution < 1.29 is 14.5 Å². The first kappa shape index (κ1) is 15.4. The number of carbonyl (C=O) groups is 1. The highest BCUT2D eigenvalue weighted by Gasteiger charge is 2.06. The summed E-state index contributed by atoms with van der Waals surface area (Å²) in [5.74, 6) is 0.407. The van der Waals surface area contributed by atoms with E-state index in [1.807, 2.05) is 6.92 Å². The minimum atomic E-state index is -0.507. The first-order chi connectivity index (χ1) is 10.6. The molecule has 0 saturated heterocycles. The average Bonchev–Trinajstić information content (AvgIpc) is 2.54. The van der Waals surface area contributed by atoms with E-state index in [0.29, 0.717) is 23.6 Å². The molecule has 0 aliphatic heterocycles. The van der Waals surface area contributed by atoms with Crippen molar-refractivity contribution >= 4 is 23.4 Å². The number of nitro groups is 1. The molecular weight excluding hydrogens is 284 g/mol. The van der Waals surface area contributed by atoms with E-state index < -0.39 is 4.92 Å². The van der Waals surface area contributed by atoms with E-state index >= 15 is 0 Å². The van der Waals surface area contributed by atoms with Gasteiger partial charge < -0.3 is 4.74 Å². The van der Waals surface area contributed by atoms with Crippen LogP contribution in [0.2, 0.25) is 0 Å². The fourth-order valence-electron chi connectivity index (χ4n) is 1.78. The van der Waals surface area contributed by atoms with Crippen LogP contribution < -0.4 is 4.74 Å². The summed E-state index contributed by atoms with van der Waals surface area (Å²) < 4.78 is 5.30. The lowest BCUT2D eigenvalue weighted by Crippen LogP contribution is -2.00. The molecule has 0 aliphatic rings. The van der Waals surface area contributed by atoms with Gasteiger partial charge in [-0.2, -0.15) is 0 Å². The Balaban J connectivity index is 2.10. The first-order valence-electron chi connectivity index (χ1n) is 6.66. The summed E-state index contributed by atoms with van der Waals surface area (Å²) in [6.07, 6.45) is 1.15. The van der Waals surface area contributed by atoms with Crippen LogP contribution in [0, 0.1) is 10.1 Å². The van der Waals surface area contributed by atoms with Gasteiger partial charge in [-0.3, -0.25) is 19.9 Å². The number of nitrogens with zero attached hydrogens (tertiary/aromatic N) is 2. The third-order valence-corrected chi connectivity index (χ3v) is 2.82. The van der Waals surface area contributed by atoms with E-state index in [-0.39, 0.29) is 11.5 Å². The Morgan fingerprint density at radius 2 is 2.00 bits per heavy atom.